The SMILES string of the molecule is Cc1cccc(N2CCN(C(=O)CCc3ncc(-c4ccccc4)o3)CC2)c1C. The molecule has 3 aromatic rings. The number of hydrogen-bond acceptors (Lipinski definition) is 4. The van der Waals surface area contributed by atoms with Gasteiger partial charge in [-0.1, -0.05) is 42.5 Å². The van der Waals surface area contributed by atoms with E-state index >= 15 is 0 Å². The molecule has 0 spiro atoms. The Bertz CT molecular complexity index is 973. The van der Waals surface area contributed by atoms with E-state index in [1.54, 1.807) is 6.20 Å². The summed E-state index contributed by atoms with van der Waals surface area (Å²) in [6.45, 7) is 7.56. The molecule has 2 heterocycles. The summed E-state index contributed by atoms with van der Waals surface area (Å²) in [5, 5.41) is 0. The number of amides is 1. The summed E-state index contributed by atoms with van der Waals surface area (Å²) in [7, 11) is 0. The van der Waals surface area contributed by atoms with Crippen LogP contribution in [-0.4, -0.2) is 42.0 Å². The molecule has 1 aliphatic rings. The maximum absolute atomic E-state index is 12.7. The number of nitrogens with zero attached hydrogens (tertiary/aromatic N) is 3. The van der Waals surface area contributed by atoms with Crippen LogP contribution in [0.3, 0.4) is 0 Å². The number of rotatable bonds is 5. The van der Waals surface area contributed by atoms with Gasteiger partial charge in [0.05, 0.1) is 6.20 Å². The predicted molar refractivity (Wildman–Crippen MR) is 115 cm³/mol. The Balaban J connectivity index is 1.29. The Morgan fingerprint density at radius 2 is 1.76 bits per heavy atom. The molecule has 0 unspecified atom stereocenters. The number of aryl methyl sites for hydroxylation is 2. The molecule has 5 nitrogen and oxygen atoms in total. The van der Waals surface area contributed by atoms with Crippen LogP contribution in [0.1, 0.15) is 23.4 Å². The van der Waals surface area contributed by atoms with E-state index in [4.69, 9.17) is 4.42 Å². The van der Waals surface area contributed by atoms with Gasteiger partial charge >= 0.3 is 0 Å². The van der Waals surface area contributed by atoms with Crippen LogP contribution in [0.25, 0.3) is 11.3 Å². The summed E-state index contributed by atoms with van der Waals surface area (Å²) in [5.74, 6) is 1.53. The van der Waals surface area contributed by atoms with Crippen molar-refractivity contribution in [2.24, 2.45) is 0 Å². The minimum atomic E-state index is 0.171. The van der Waals surface area contributed by atoms with Crippen molar-refractivity contribution in [1.82, 2.24) is 9.88 Å². The molecule has 0 atom stereocenters. The van der Waals surface area contributed by atoms with Crippen LogP contribution >= 0.6 is 0 Å². The molecule has 0 N–H and O–H groups in total. The molecule has 1 aliphatic heterocycles. The molecular formula is C24H27N3O2. The molecule has 29 heavy (non-hydrogen) atoms. The maximum atomic E-state index is 12.7. The van der Waals surface area contributed by atoms with Gasteiger partial charge in [0.15, 0.2) is 11.7 Å². The quantitative estimate of drug-likeness (QED) is 0.655. The third-order valence-corrected chi connectivity index (χ3v) is 5.71. The highest BCUT2D eigenvalue weighted by molar-refractivity contribution is 5.76. The van der Waals surface area contributed by atoms with E-state index in [1.165, 1.54) is 16.8 Å². The smallest absolute Gasteiger partial charge is 0.223 e. The number of aromatic nitrogens is 1. The summed E-state index contributed by atoms with van der Waals surface area (Å²) in [6.07, 6.45) is 2.69. The lowest BCUT2D eigenvalue weighted by Crippen LogP contribution is -2.49. The van der Waals surface area contributed by atoms with E-state index in [-0.39, 0.29) is 5.91 Å². The second-order valence-electron chi connectivity index (χ2n) is 7.57. The average molecular weight is 389 g/mol. The molecule has 4 rings (SSSR count). The van der Waals surface area contributed by atoms with Crippen molar-refractivity contribution in [3.05, 3.63) is 71.7 Å². The first kappa shape index (κ1) is 19.2. The molecule has 0 saturated carbocycles. The van der Waals surface area contributed by atoms with E-state index in [2.05, 4.69) is 41.9 Å². The van der Waals surface area contributed by atoms with Gasteiger partial charge in [0, 0.05) is 50.3 Å². The second-order valence-corrected chi connectivity index (χ2v) is 7.57. The van der Waals surface area contributed by atoms with Crippen molar-refractivity contribution in [2.45, 2.75) is 26.7 Å². The van der Waals surface area contributed by atoms with E-state index in [1.807, 2.05) is 35.2 Å². The van der Waals surface area contributed by atoms with Gasteiger partial charge in [-0.15, -0.1) is 0 Å². The highest BCUT2D eigenvalue weighted by atomic mass is 16.4. The van der Waals surface area contributed by atoms with Crippen LogP contribution in [0.2, 0.25) is 0 Å². The number of carbonyl (C=O) groups is 1. The van der Waals surface area contributed by atoms with Crippen LogP contribution in [0, 0.1) is 13.8 Å². The molecule has 1 amide bonds. The van der Waals surface area contributed by atoms with Crippen molar-refractivity contribution in [1.29, 1.82) is 0 Å². The zero-order valence-corrected chi connectivity index (χ0v) is 17.1. The van der Waals surface area contributed by atoms with Gasteiger partial charge in [-0.3, -0.25) is 4.79 Å². The Labute approximate surface area is 172 Å². The Kier molecular flexibility index (Phi) is 5.65. The third-order valence-electron chi connectivity index (χ3n) is 5.71. The minimum Gasteiger partial charge on any atom is -0.441 e. The van der Waals surface area contributed by atoms with Crippen molar-refractivity contribution in [2.75, 3.05) is 31.1 Å². The molecule has 1 saturated heterocycles. The number of anilines is 1. The predicted octanol–water partition coefficient (Wildman–Crippen LogP) is 4.24. The lowest BCUT2D eigenvalue weighted by molar-refractivity contribution is -0.131. The zero-order valence-electron chi connectivity index (χ0n) is 17.1. The average Bonchev–Trinajstić information content (AvgIpc) is 3.24. The molecule has 0 radical (unpaired) electrons. The van der Waals surface area contributed by atoms with E-state index in [9.17, 15) is 4.79 Å². The summed E-state index contributed by atoms with van der Waals surface area (Å²) < 4.78 is 5.82. The Morgan fingerprint density at radius 1 is 1.00 bits per heavy atom. The van der Waals surface area contributed by atoms with Gasteiger partial charge in [0.1, 0.15) is 0 Å². The fourth-order valence-electron chi connectivity index (χ4n) is 3.81. The molecule has 5 heteroatoms. The lowest BCUT2D eigenvalue weighted by atomic mass is 10.1. The number of benzene rings is 2. The van der Waals surface area contributed by atoms with Crippen molar-refractivity contribution in [3.63, 3.8) is 0 Å². The Morgan fingerprint density at radius 3 is 2.52 bits per heavy atom. The molecule has 150 valence electrons. The fraction of sp³-hybridized carbons (Fsp3) is 0.333. The van der Waals surface area contributed by atoms with Gasteiger partial charge in [-0.2, -0.15) is 0 Å². The molecule has 1 aromatic heterocycles. The molecule has 0 aliphatic carbocycles. The first-order valence-electron chi connectivity index (χ1n) is 10.2. The summed E-state index contributed by atoms with van der Waals surface area (Å²) in [6, 6.07) is 16.3. The van der Waals surface area contributed by atoms with Crippen LogP contribution in [0.15, 0.2) is 59.1 Å². The second kappa shape index (κ2) is 8.52. The lowest BCUT2D eigenvalue weighted by Gasteiger charge is -2.37. The van der Waals surface area contributed by atoms with Gasteiger partial charge in [-0.25, -0.2) is 4.98 Å². The van der Waals surface area contributed by atoms with Gasteiger partial charge in [0.25, 0.3) is 0 Å². The van der Waals surface area contributed by atoms with Crippen LogP contribution in [0.5, 0.6) is 0 Å². The van der Waals surface area contributed by atoms with E-state index < -0.39 is 0 Å². The van der Waals surface area contributed by atoms with Crippen LogP contribution in [0.4, 0.5) is 5.69 Å². The largest absolute Gasteiger partial charge is 0.441 e. The van der Waals surface area contributed by atoms with Crippen molar-refractivity contribution in [3.8, 4) is 11.3 Å². The van der Waals surface area contributed by atoms with Gasteiger partial charge in [0.2, 0.25) is 5.91 Å². The normalized spacial score (nSPS) is 14.3. The highest BCUT2D eigenvalue weighted by Gasteiger charge is 2.22. The minimum absolute atomic E-state index is 0.171. The monoisotopic (exact) mass is 389 g/mol. The van der Waals surface area contributed by atoms with Gasteiger partial charge in [-0.05, 0) is 31.0 Å². The van der Waals surface area contributed by atoms with Gasteiger partial charge < -0.3 is 14.2 Å². The summed E-state index contributed by atoms with van der Waals surface area (Å²) in [5.41, 5.74) is 4.91. The zero-order chi connectivity index (χ0) is 20.2. The topological polar surface area (TPSA) is 49.6 Å². The molecule has 0 bridgehead atoms. The number of hydrogen-bond donors (Lipinski definition) is 0. The third kappa shape index (κ3) is 4.34. The number of piperazine rings is 1. The molecule has 2 aromatic carbocycles. The Hall–Kier alpha value is -3.08. The van der Waals surface area contributed by atoms with Crippen LogP contribution < -0.4 is 4.90 Å². The molecular weight excluding hydrogens is 362 g/mol. The highest BCUT2D eigenvalue weighted by Crippen LogP contribution is 2.24. The number of carbonyl (C=O) groups excluding carboxylic acids is 1. The number of oxazole rings is 1. The summed E-state index contributed by atoms with van der Waals surface area (Å²) in [4.78, 5) is 21.3. The molecule has 1 fully saturated rings. The first-order chi connectivity index (χ1) is 14.1. The van der Waals surface area contributed by atoms with E-state index in [0.717, 1.165) is 37.5 Å². The standard InChI is InChI=1S/C24H27N3O2/c1-18-7-6-10-21(19(18)2)26-13-15-27(16-14-26)24(28)12-11-23-25-17-22(29-23)20-8-4-3-5-9-20/h3-10,17H,11-16H2,1-2H3. The van der Waals surface area contributed by atoms with E-state index in [0.29, 0.717) is 18.7 Å². The fourth-order valence-corrected chi connectivity index (χ4v) is 3.81. The van der Waals surface area contributed by atoms with Crippen molar-refractivity contribution >= 4 is 11.6 Å². The maximum Gasteiger partial charge on any atom is 0.223 e. The van der Waals surface area contributed by atoms with Crippen LogP contribution in [-0.2, 0) is 11.2 Å². The van der Waals surface area contributed by atoms with Crippen molar-refractivity contribution < 1.29 is 9.21 Å². The summed E-state index contributed by atoms with van der Waals surface area (Å²) >= 11 is 0. The first-order valence-corrected chi connectivity index (χ1v) is 10.2.